The summed E-state index contributed by atoms with van der Waals surface area (Å²) in [6.45, 7) is 7.68. The van der Waals surface area contributed by atoms with E-state index in [0.29, 0.717) is 6.42 Å². The van der Waals surface area contributed by atoms with Crippen LogP contribution in [0.5, 0.6) is 0 Å². The van der Waals surface area contributed by atoms with Crippen LogP contribution in [0.1, 0.15) is 25.8 Å². The largest absolute Gasteiger partial charge is 0.385 e. The van der Waals surface area contributed by atoms with Gasteiger partial charge in [-0.25, -0.2) is 0 Å². The number of hydrogen-bond acceptors (Lipinski definition) is 1. The van der Waals surface area contributed by atoms with E-state index in [0.717, 1.165) is 21.9 Å². The van der Waals surface area contributed by atoms with E-state index in [-0.39, 0.29) is 0 Å². The van der Waals surface area contributed by atoms with Crippen LogP contribution in [-0.4, -0.2) is 5.11 Å². The number of rotatable bonds is 3. The predicted molar refractivity (Wildman–Crippen MR) is 72.9 cm³/mol. The van der Waals surface area contributed by atoms with Gasteiger partial charge in [-0.2, -0.15) is 0 Å². The number of hydrogen-bond donors (Lipinski definition) is 1. The third-order valence-corrected chi connectivity index (χ3v) is 3.02. The minimum Gasteiger partial charge on any atom is -0.385 e. The van der Waals surface area contributed by atoms with Crippen molar-refractivity contribution in [2.45, 2.75) is 25.9 Å². The van der Waals surface area contributed by atoms with E-state index in [9.17, 15) is 5.11 Å². The van der Waals surface area contributed by atoms with Crippen molar-refractivity contribution in [2.75, 3.05) is 0 Å². The van der Waals surface area contributed by atoms with Crippen molar-refractivity contribution in [3.8, 4) is 0 Å². The fraction of sp³-hybridized carbons (Fsp3) is 0.250. The lowest BCUT2D eigenvalue weighted by Gasteiger charge is -2.25. The molecule has 0 aliphatic carbocycles. The second-order valence-electron chi connectivity index (χ2n) is 4.93. The maximum absolute atomic E-state index is 10.6. The Balaban J connectivity index is 2.58. The Morgan fingerprint density at radius 3 is 2.53 bits per heavy atom. The summed E-state index contributed by atoms with van der Waals surface area (Å²) in [7, 11) is 0. The van der Waals surface area contributed by atoms with E-state index < -0.39 is 5.60 Å². The number of aliphatic hydroxyl groups is 1. The van der Waals surface area contributed by atoms with Crippen LogP contribution in [0.4, 0.5) is 0 Å². The molecule has 0 fully saturated rings. The summed E-state index contributed by atoms with van der Waals surface area (Å²) in [5.74, 6) is 0. The van der Waals surface area contributed by atoms with E-state index in [1.165, 1.54) is 0 Å². The summed E-state index contributed by atoms with van der Waals surface area (Å²) >= 11 is 0. The quantitative estimate of drug-likeness (QED) is 0.784. The molecule has 0 spiro atoms. The zero-order valence-electron chi connectivity index (χ0n) is 10.4. The van der Waals surface area contributed by atoms with Crippen LogP contribution in [0.3, 0.4) is 0 Å². The Bertz CT molecular complexity index is 547. The van der Waals surface area contributed by atoms with Crippen LogP contribution in [0.25, 0.3) is 10.8 Å². The normalized spacial score (nSPS) is 14.5. The minimum absolute atomic E-state index is 0.584. The maximum Gasteiger partial charge on any atom is 0.0911 e. The first-order valence-electron chi connectivity index (χ1n) is 5.86. The molecule has 1 nitrogen and oxygen atoms in total. The van der Waals surface area contributed by atoms with Crippen molar-refractivity contribution in [3.05, 3.63) is 60.2 Å². The van der Waals surface area contributed by atoms with Crippen LogP contribution < -0.4 is 0 Å². The lowest BCUT2D eigenvalue weighted by Crippen LogP contribution is -2.21. The van der Waals surface area contributed by atoms with Gasteiger partial charge in [0.1, 0.15) is 0 Å². The monoisotopic (exact) mass is 226 g/mol. The molecule has 1 unspecified atom stereocenters. The first-order valence-corrected chi connectivity index (χ1v) is 5.86. The third-order valence-electron chi connectivity index (χ3n) is 3.02. The molecule has 1 atom stereocenters. The molecular formula is C16H18O. The van der Waals surface area contributed by atoms with Gasteiger partial charge in [0.2, 0.25) is 0 Å². The second kappa shape index (κ2) is 4.34. The van der Waals surface area contributed by atoms with Crippen LogP contribution in [-0.2, 0) is 5.60 Å². The van der Waals surface area contributed by atoms with Crippen molar-refractivity contribution < 1.29 is 5.11 Å². The third kappa shape index (κ3) is 2.40. The van der Waals surface area contributed by atoms with Crippen LogP contribution in [0.15, 0.2) is 54.6 Å². The molecule has 2 rings (SSSR count). The molecule has 0 amide bonds. The summed E-state index contributed by atoms with van der Waals surface area (Å²) in [5, 5.41) is 12.9. The summed E-state index contributed by atoms with van der Waals surface area (Å²) in [6.07, 6.45) is 0.584. The van der Waals surface area contributed by atoms with Crippen LogP contribution >= 0.6 is 0 Å². The van der Waals surface area contributed by atoms with E-state index in [2.05, 4.69) is 24.8 Å². The molecule has 88 valence electrons. The highest BCUT2D eigenvalue weighted by molar-refractivity contribution is 5.86. The predicted octanol–water partition coefficient (Wildman–Crippen LogP) is 4.01. The van der Waals surface area contributed by atoms with Gasteiger partial charge in [-0.05, 0) is 30.2 Å². The topological polar surface area (TPSA) is 20.2 Å². The van der Waals surface area contributed by atoms with Crippen molar-refractivity contribution in [2.24, 2.45) is 0 Å². The lowest BCUT2D eigenvalue weighted by molar-refractivity contribution is 0.0593. The number of benzene rings is 2. The van der Waals surface area contributed by atoms with Gasteiger partial charge in [0.25, 0.3) is 0 Å². The molecular weight excluding hydrogens is 208 g/mol. The standard InChI is InChI=1S/C16H18O/c1-12(2)11-16(3,17)15-10-6-8-13-7-4-5-9-14(13)15/h4-10,17H,1,11H2,2-3H3. The molecule has 0 saturated heterocycles. The molecule has 2 aromatic carbocycles. The second-order valence-corrected chi connectivity index (χ2v) is 4.93. The molecule has 0 aliphatic rings. The van der Waals surface area contributed by atoms with Gasteiger partial charge >= 0.3 is 0 Å². The van der Waals surface area contributed by atoms with Crippen molar-refractivity contribution in [1.29, 1.82) is 0 Å². The molecule has 0 aromatic heterocycles. The lowest BCUT2D eigenvalue weighted by atomic mass is 9.86. The van der Waals surface area contributed by atoms with Crippen LogP contribution in [0, 0.1) is 0 Å². The van der Waals surface area contributed by atoms with Gasteiger partial charge in [0.15, 0.2) is 0 Å². The van der Waals surface area contributed by atoms with Gasteiger partial charge in [-0.1, -0.05) is 48.0 Å². The Morgan fingerprint density at radius 1 is 1.18 bits per heavy atom. The first-order chi connectivity index (χ1) is 8.00. The molecule has 0 bridgehead atoms. The van der Waals surface area contributed by atoms with Gasteiger partial charge in [-0.3, -0.25) is 0 Å². The Morgan fingerprint density at radius 2 is 1.82 bits per heavy atom. The molecule has 0 heterocycles. The zero-order chi connectivity index (χ0) is 12.5. The molecule has 1 heteroatoms. The zero-order valence-corrected chi connectivity index (χ0v) is 10.4. The van der Waals surface area contributed by atoms with Gasteiger partial charge in [0.05, 0.1) is 5.60 Å². The Hall–Kier alpha value is -1.60. The minimum atomic E-state index is -0.854. The van der Waals surface area contributed by atoms with Gasteiger partial charge in [-0.15, -0.1) is 6.58 Å². The van der Waals surface area contributed by atoms with Crippen molar-refractivity contribution >= 4 is 10.8 Å². The Kier molecular flexibility index (Phi) is 3.03. The highest BCUT2D eigenvalue weighted by atomic mass is 16.3. The maximum atomic E-state index is 10.6. The highest BCUT2D eigenvalue weighted by Gasteiger charge is 2.24. The average Bonchev–Trinajstić information content (AvgIpc) is 2.26. The van der Waals surface area contributed by atoms with Gasteiger partial charge < -0.3 is 5.11 Å². The van der Waals surface area contributed by atoms with E-state index >= 15 is 0 Å². The first kappa shape index (κ1) is 11.9. The summed E-state index contributed by atoms with van der Waals surface area (Å²) < 4.78 is 0. The molecule has 17 heavy (non-hydrogen) atoms. The summed E-state index contributed by atoms with van der Waals surface area (Å²) in [5.41, 5.74) is 1.11. The molecule has 0 aliphatic heterocycles. The highest BCUT2D eigenvalue weighted by Crippen LogP contribution is 2.32. The summed E-state index contributed by atoms with van der Waals surface area (Å²) in [4.78, 5) is 0. The fourth-order valence-corrected chi connectivity index (χ4v) is 2.38. The SMILES string of the molecule is C=C(C)CC(C)(O)c1cccc2ccccc12. The van der Waals surface area contributed by atoms with E-state index in [4.69, 9.17) is 0 Å². The van der Waals surface area contributed by atoms with Crippen molar-refractivity contribution in [3.63, 3.8) is 0 Å². The van der Waals surface area contributed by atoms with E-state index in [1.807, 2.05) is 38.1 Å². The molecule has 1 N–H and O–H groups in total. The Labute approximate surface area is 102 Å². The number of fused-ring (bicyclic) bond motifs is 1. The molecule has 0 radical (unpaired) electrons. The smallest absolute Gasteiger partial charge is 0.0911 e. The van der Waals surface area contributed by atoms with Crippen molar-refractivity contribution in [1.82, 2.24) is 0 Å². The van der Waals surface area contributed by atoms with E-state index in [1.54, 1.807) is 0 Å². The van der Waals surface area contributed by atoms with Gasteiger partial charge in [0, 0.05) is 6.42 Å². The fourth-order valence-electron chi connectivity index (χ4n) is 2.38. The average molecular weight is 226 g/mol. The molecule has 0 saturated carbocycles. The summed E-state index contributed by atoms with van der Waals surface area (Å²) in [6, 6.07) is 14.2. The molecule has 2 aromatic rings. The van der Waals surface area contributed by atoms with Crippen LogP contribution in [0.2, 0.25) is 0 Å².